The zero-order chi connectivity index (χ0) is 46.4. The summed E-state index contributed by atoms with van der Waals surface area (Å²) in [6, 6.07) is 25.4. The number of carbonyl (C=O) groups excluding carboxylic acids is 4. The fourth-order valence-electron chi connectivity index (χ4n) is 12.5. The highest BCUT2D eigenvalue weighted by Crippen LogP contribution is 2.61. The van der Waals surface area contributed by atoms with Gasteiger partial charge in [-0.25, -0.2) is 9.80 Å². The summed E-state index contributed by atoms with van der Waals surface area (Å²) in [6.07, 6.45) is 9.31. The van der Waals surface area contributed by atoms with E-state index in [1.807, 2.05) is 27.7 Å². The third kappa shape index (κ3) is 6.72. The molecule has 0 saturated carbocycles. The fraction of sp³-hybridized carbons (Fsp3) is 0.439. The lowest BCUT2D eigenvalue weighted by atomic mass is 9.54. The Morgan fingerprint density at radius 2 is 0.952 bits per heavy atom. The first kappa shape index (κ1) is 45.7. The Morgan fingerprint density at radius 1 is 0.508 bits per heavy atom. The molecule has 0 radical (unpaired) electrons. The Kier molecular flexibility index (Phi) is 11.2. The Morgan fingerprint density at radius 3 is 1.40 bits per heavy atom. The van der Waals surface area contributed by atoms with E-state index in [0.29, 0.717) is 11.4 Å². The molecular formula is C57H68N2O4. The maximum Gasteiger partial charge on any atom is 0.258 e. The van der Waals surface area contributed by atoms with Gasteiger partial charge in [-0.3, -0.25) is 19.2 Å². The van der Waals surface area contributed by atoms with E-state index >= 15 is 0 Å². The van der Waals surface area contributed by atoms with Crippen molar-refractivity contribution in [1.29, 1.82) is 0 Å². The normalized spacial score (nSPS) is 19.7. The molecule has 0 bridgehead atoms. The molecule has 2 heterocycles. The second-order valence-corrected chi connectivity index (χ2v) is 21.1. The topological polar surface area (TPSA) is 74.8 Å². The van der Waals surface area contributed by atoms with E-state index in [1.165, 1.54) is 67.5 Å². The molecule has 4 aromatic carbocycles. The quantitative estimate of drug-likeness (QED) is 0.133. The third-order valence-corrected chi connectivity index (χ3v) is 16.8. The van der Waals surface area contributed by atoms with Crippen molar-refractivity contribution in [3.8, 4) is 0 Å². The summed E-state index contributed by atoms with van der Waals surface area (Å²) in [4.78, 5) is 53.4. The Bertz CT molecular complexity index is 2570. The van der Waals surface area contributed by atoms with E-state index in [4.69, 9.17) is 0 Å². The molecule has 7 rings (SSSR count). The van der Waals surface area contributed by atoms with Crippen LogP contribution in [-0.2, 0) is 51.7 Å². The number of amides is 4. The van der Waals surface area contributed by atoms with Gasteiger partial charge in [0.05, 0.1) is 11.4 Å². The van der Waals surface area contributed by atoms with Crippen LogP contribution < -0.4 is 9.80 Å². The van der Waals surface area contributed by atoms with Gasteiger partial charge in [-0.1, -0.05) is 143 Å². The summed E-state index contributed by atoms with van der Waals surface area (Å²) in [5.41, 5.74) is 12.9. The van der Waals surface area contributed by atoms with E-state index in [-0.39, 0.29) is 56.1 Å². The molecule has 2 atom stereocenters. The summed E-state index contributed by atoms with van der Waals surface area (Å²) < 4.78 is 0. The summed E-state index contributed by atoms with van der Waals surface area (Å²) in [5, 5.41) is 0. The summed E-state index contributed by atoms with van der Waals surface area (Å²) in [5.74, 6) is -1.18. The Labute approximate surface area is 376 Å². The van der Waals surface area contributed by atoms with Crippen molar-refractivity contribution in [1.82, 2.24) is 0 Å². The number of hydrogen-bond acceptors (Lipinski definition) is 4. The molecule has 2 unspecified atom stereocenters. The van der Waals surface area contributed by atoms with Gasteiger partial charge in [-0.05, 0) is 125 Å². The lowest BCUT2D eigenvalue weighted by Crippen LogP contribution is -2.46. The number of anilines is 2. The minimum Gasteiger partial charge on any atom is -0.269 e. The van der Waals surface area contributed by atoms with Gasteiger partial charge in [0.15, 0.2) is 0 Å². The van der Waals surface area contributed by atoms with Crippen LogP contribution in [0.1, 0.15) is 163 Å². The first-order valence-corrected chi connectivity index (χ1v) is 23.0. The van der Waals surface area contributed by atoms with Gasteiger partial charge < -0.3 is 0 Å². The standard InChI is InChI=1S/C57H68N2O4/c1-16-55(14,54(12,13)43-30-37(6)51(38(7)31-43)59-48(62)26-27-49(59)63)40-22-23-44-45(33-40)52(8,9)34-56(44,15)57(17-2,18-3)41-21-19-20-39(32-41)53(10,11)42-28-35(4)50(36(5)29-42)58-46(60)24-25-47(58)61/h19-33H,16-18,34H2,1-15H3. The number of carbonyl (C=O) groups is 4. The average Bonchev–Trinajstić information content (AvgIpc) is 3.81. The molecule has 0 saturated heterocycles. The number of hydrogen-bond donors (Lipinski definition) is 0. The fourth-order valence-corrected chi connectivity index (χ4v) is 12.5. The molecule has 2 aliphatic heterocycles. The van der Waals surface area contributed by atoms with Crippen molar-refractivity contribution >= 4 is 35.0 Å². The molecule has 4 aromatic rings. The zero-order valence-electron chi connectivity index (χ0n) is 40.5. The first-order valence-electron chi connectivity index (χ1n) is 23.0. The number of fused-ring (bicyclic) bond motifs is 1. The molecule has 0 N–H and O–H groups in total. The molecule has 0 fully saturated rings. The van der Waals surface area contributed by atoms with Crippen molar-refractivity contribution in [3.63, 3.8) is 0 Å². The molecule has 63 heavy (non-hydrogen) atoms. The van der Waals surface area contributed by atoms with Crippen LogP contribution in [0.4, 0.5) is 11.4 Å². The molecule has 330 valence electrons. The lowest BCUT2D eigenvalue weighted by Gasteiger charge is -2.49. The zero-order valence-corrected chi connectivity index (χ0v) is 40.5. The second-order valence-electron chi connectivity index (χ2n) is 21.1. The molecule has 0 aromatic heterocycles. The first-order chi connectivity index (χ1) is 29.4. The van der Waals surface area contributed by atoms with Crippen molar-refractivity contribution in [3.05, 3.63) is 152 Å². The molecule has 0 spiro atoms. The van der Waals surface area contributed by atoms with Crippen LogP contribution in [0.5, 0.6) is 0 Å². The number of nitrogens with zero attached hydrogens (tertiary/aromatic N) is 2. The van der Waals surface area contributed by atoms with E-state index in [0.717, 1.165) is 53.5 Å². The van der Waals surface area contributed by atoms with Crippen LogP contribution in [0.2, 0.25) is 0 Å². The van der Waals surface area contributed by atoms with Crippen molar-refractivity contribution in [2.24, 2.45) is 0 Å². The maximum atomic E-state index is 12.7. The van der Waals surface area contributed by atoms with Gasteiger partial charge in [0.25, 0.3) is 23.6 Å². The second kappa shape index (κ2) is 15.4. The van der Waals surface area contributed by atoms with Gasteiger partial charge in [0, 0.05) is 46.0 Å². The molecule has 1 aliphatic carbocycles. The summed E-state index contributed by atoms with van der Waals surface area (Å²) >= 11 is 0. The Hall–Kier alpha value is -5.36. The largest absolute Gasteiger partial charge is 0.269 e. The number of rotatable bonds is 12. The smallest absolute Gasteiger partial charge is 0.258 e. The molecular weight excluding hydrogens is 777 g/mol. The lowest BCUT2D eigenvalue weighted by molar-refractivity contribution is -0.121. The Balaban J connectivity index is 1.28. The molecule has 6 heteroatoms. The monoisotopic (exact) mass is 845 g/mol. The van der Waals surface area contributed by atoms with Crippen LogP contribution in [0.15, 0.2) is 91.0 Å². The van der Waals surface area contributed by atoms with Gasteiger partial charge in [0.1, 0.15) is 0 Å². The predicted molar refractivity (Wildman–Crippen MR) is 258 cm³/mol. The predicted octanol–water partition coefficient (Wildman–Crippen LogP) is 12.4. The van der Waals surface area contributed by atoms with Crippen LogP contribution in [0.25, 0.3) is 0 Å². The number of imide groups is 2. The highest BCUT2D eigenvalue weighted by atomic mass is 16.2. The van der Waals surface area contributed by atoms with Gasteiger partial charge in [-0.2, -0.15) is 0 Å². The van der Waals surface area contributed by atoms with Gasteiger partial charge in [-0.15, -0.1) is 0 Å². The molecule has 3 aliphatic rings. The van der Waals surface area contributed by atoms with Crippen LogP contribution in [-0.4, -0.2) is 23.6 Å². The summed E-state index contributed by atoms with van der Waals surface area (Å²) in [6.45, 7) is 34.1. The number of benzene rings is 4. The van der Waals surface area contributed by atoms with Crippen LogP contribution in [0, 0.1) is 27.7 Å². The average molecular weight is 845 g/mol. The molecule has 6 nitrogen and oxygen atoms in total. The van der Waals surface area contributed by atoms with Gasteiger partial charge >= 0.3 is 0 Å². The van der Waals surface area contributed by atoms with E-state index in [9.17, 15) is 19.2 Å². The maximum absolute atomic E-state index is 12.7. The summed E-state index contributed by atoms with van der Waals surface area (Å²) in [7, 11) is 0. The van der Waals surface area contributed by atoms with Crippen molar-refractivity contribution < 1.29 is 19.2 Å². The third-order valence-electron chi connectivity index (χ3n) is 16.8. The van der Waals surface area contributed by atoms with E-state index in [2.05, 4.69) is 143 Å². The van der Waals surface area contributed by atoms with Crippen LogP contribution in [0.3, 0.4) is 0 Å². The van der Waals surface area contributed by atoms with Gasteiger partial charge in [0.2, 0.25) is 0 Å². The minimum absolute atomic E-state index is 0.0759. The molecule has 4 amide bonds. The highest BCUT2D eigenvalue weighted by molar-refractivity contribution is 6.29. The van der Waals surface area contributed by atoms with E-state index < -0.39 is 0 Å². The van der Waals surface area contributed by atoms with Crippen molar-refractivity contribution in [2.45, 2.75) is 162 Å². The highest BCUT2D eigenvalue weighted by Gasteiger charge is 2.56. The SMILES string of the molecule is CCC(C)(c1ccc2c(c1)C(C)(C)CC2(C)C(CC)(CC)c1cccc(C(C)(C)c2cc(C)c(N3C(=O)C=CC3=O)c(C)c2)c1)C(C)(C)c1cc(C)c(N2C(=O)C=CC2=O)c(C)c1. The minimum atomic E-state index is -0.355. The number of aryl methyl sites for hydroxylation is 4. The van der Waals surface area contributed by atoms with Crippen LogP contribution >= 0.6 is 0 Å². The van der Waals surface area contributed by atoms with Crippen molar-refractivity contribution in [2.75, 3.05) is 9.80 Å². The van der Waals surface area contributed by atoms with E-state index in [1.54, 1.807) is 0 Å².